The average molecular weight is 513 g/mol. The Balaban J connectivity index is 1.61. The van der Waals surface area contributed by atoms with Gasteiger partial charge in [-0.2, -0.15) is 17.6 Å². The van der Waals surface area contributed by atoms with Crippen molar-refractivity contribution in [1.82, 2.24) is 0 Å². The monoisotopic (exact) mass is 512 g/mol. The first-order valence-corrected chi connectivity index (χ1v) is 12.5. The Hall–Kier alpha value is -2.64. The van der Waals surface area contributed by atoms with Crippen molar-refractivity contribution >= 4 is 0 Å². The molecule has 0 fully saturated rings. The van der Waals surface area contributed by atoms with E-state index in [9.17, 15) is 4.39 Å². The standard InChI is InChI=1S/C28H30F6O2/c1-3-5-6-7-17-8-11-19(36-16-17)12-9-18-10-13-20-21-14-15-22(35-4-2)26(30)24(21)28(33,34)27(31,32)23(20)25(18)29/h10-11,13-15,17H,3-9,12,16H2,1-2H3. The lowest BCUT2D eigenvalue weighted by Crippen LogP contribution is -2.41. The number of ether oxygens (including phenoxy) is 2. The van der Waals surface area contributed by atoms with Gasteiger partial charge in [-0.25, -0.2) is 8.78 Å². The minimum Gasteiger partial charge on any atom is -0.498 e. The molecule has 196 valence electrons. The topological polar surface area (TPSA) is 18.5 Å². The van der Waals surface area contributed by atoms with Crippen LogP contribution in [0, 0.1) is 17.6 Å². The summed E-state index contributed by atoms with van der Waals surface area (Å²) in [7, 11) is 0. The van der Waals surface area contributed by atoms with Crippen molar-refractivity contribution in [3.8, 4) is 16.9 Å². The second-order valence-electron chi connectivity index (χ2n) is 9.42. The first kappa shape index (κ1) is 26.4. The van der Waals surface area contributed by atoms with Gasteiger partial charge in [-0.3, -0.25) is 0 Å². The maximum Gasteiger partial charge on any atom is 0.343 e. The van der Waals surface area contributed by atoms with Gasteiger partial charge in [0.15, 0.2) is 11.6 Å². The lowest BCUT2D eigenvalue weighted by Gasteiger charge is -2.35. The van der Waals surface area contributed by atoms with Crippen LogP contribution in [0.25, 0.3) is 11.1 Å². The van der Waals surface area contributed by atoms with E-state index in [4.69, 9.17) is 9.47 Å². The summed E-state index contributed by atoms with van der Waals surface area (Å²) in [5, 5.41) is 0. The van der Waals surface area contributed by atoms with Crippen LogP contribution in [0.1, 0.15) is 69.1 Å². The van der Waals surface area contributed by atoms with E-state index in [0.29, 0.717) is 18.3 Å². The largest absolute Gasteiger partial charge is 0.498 e. The Bertz CT molecular complexity index is 1140. The van der Waals surface area contributed by atoms with Crippen LogP contribution in [0.2, 0.25) is 0 Å². The minimum atomic E-state index is -4.96. The summed E-state index contributed by atoms with van der Waals surface area (Å²) < 4.78 is 101. The molecule has 0 N–H and O–H groups in total. The molecule has 2 aromatic rings. The molecular weight excluding hydrogens is 482 g/mol. The number of fused-ring (bicyclic) bond motifs is 3. The zero-order chi connectivity index (χ0) is 26.1. The summed E-state index contributed by atoms with van der Waals surface area (Å²) in [6, 6.07) is 4.62. The molecule has 2 aromatic carbocycles. The molecule has 2 nitrogen and oxygen atoms in total. The predicted octanol–water partition coefficient (Wildman–Crippen LogP) is 8.66. The third-order valence-electron chi connectivity index (χ3n) is 6.98. The summed E-state index contributed by atoms with van der Waals surface area (Å²) >= 11 is 0. The van der Waals surface area contributed by atoms with Crippen molar-refractivity contribution in [1.29, 1.82) is 0 Å². The summed E-state index contributed by atoms with van der Waals surface area (Å²) in [4.78, 5) is 0. The number of hydrogen-bond donors (Lipinski definition) is 0. The second kappa shape index (κ2) is 10.4. The molecule has 0 saturated carbocycles. The van der Waals surface area contributed by atoms with E-state index in [0.717, 1.165) is 43.9 Å². The highest BCUT2D eigenvalue weighted by molar-refractivity contribution is 5.77. The second-order valence-corrected chi connectivity index (χ2v) is 9.42. The number of benzene rings is 2. The number of rotatable bonds is 9. The third-order valence-corrected chi connectivity index (χ3v) is 6.98. The average Bonchev–Trinajstić information content (AvgIpc) is 2.84. The highest BCUT2D eigenvalue weighted by Crippen LogP contribution is 2.60. The van der Waals surface area contributed by atoms with Gasteiger partial charge in [0.25, 0.3) is 0 Å². The number of unbranched alkanes of at least 4 members (excludes halogenated alkanes) is 2. The van der Waals surface area contributed by atoms with E-state index in [-0.39, 0.29) is 25.0 Å². The van der Waals surface area contributed by atoms with Gasteiger partial charge < -0.3 is 9.47 Å². The fourth-order valence-electron chi connectivity index (χ4n) is 4.98. The van der Waals surface area contributed by atoms with Crippen LogP contribution in [0.5, 0.6) is 5.75 Å². The van der Waals surface area contributed by atoms with E-state index in [1.165, 1.54) is 19.4 Å². The zero-order valence-electron chi connectivity index (χ0n) is 20.4. The van der Waals surface area contributed by atoms with E-state index in [1.54, 1.807) is 0 Å². The van der Waals surface area contributed by atoms with Gasteiger partial charge in [0.1, 0.15) is 5.82 Å². The Morgan fingerprint density at radius 3 is 2.17 bits per heavy atom. The molecule has 0 aromatic heterocycles. The Morgan fingerprint density at radius 2 is 1.56 bits per heavy atom. The molecule has 1 aliphatic heterocycles. The fourth-order valence-corrected chi connectivity index (χ4v) is 4.98. The lowest BCUT2D eigenvalue weighted by atomic mass is 9.78. The number of halogens is 6. The molecule has 0 spiro atoms. The highest BCUT2D eigenvalue weighted by atomic mass is 19.3. The van der Waals surface area contributed by atoms with Crippen molar-refractivity contribution in [3.63, 3.8) is 0 Å². The molecule has 0 radical (unpaired) electrons. The molecule has 1 aliphatic carbocycles. The molecule has 0 bridgehead atoms. The molecule has 1 heterocycles. The summed E-state index contributed by atoms with van der Waals surface area (Å²) in [5.41, 5.74) is -3.93. The van der Waals surface area contributed by atoms with Crippen molar-refractivity contribution in [3.05, 3.63) is 64.4 Å². The summed E-state index contributed by atoms with van der Waals surface area (Å²) in [6.07, 6.45) is 7.55. The van der Waals surface area contributed by atoms with Crippen LogP contribution in [-0.4, -0.2) is 13.2 Å². The Labute approximate surface area is 207 Å². The van der Waals surface area contributed by atoms with Crippen molar-refractivity contribution in [2.45, 2.75) is 70.6 Å². The molecule has 8 heteroatoms. The maximum atomic E-state index is 15.4. The van der Waals surface area contributed by atoms with Crippen LogP contribution in [0.15, 0.2) is 36.1 Å². The highest BCUT2D eigenvalue weighted by Gasteiger charge is 2.65. The molecule has 36 heavy (non-hydrogen) atoms. The van der Waals surface area contributed by atoms with Crippen molar-refractivity contribution < 1.29 is 35.8 Å². The molecule has 4 rings (SSSR count). The molecule has 1 atom stereocenters. The lowest BCUT2D eigenvalue weighted by molar-refractivity contribution is -0.228. The number of hydrogen-bond acceptors (Lipinski definition) is 2. The van der Waals surface area contributed by atoms with E-state index in [1.807, 2.05) is 6.08 Å². The van der Waals surface area contributed by atoms with E-state index < -0.39 is 51.5 Å². The van der Waals surface area contributed by atoms with Gasteiger partial charge in [-0.1, -0.05) is 38.3 Å². The van der Waals surface area contributed by atoms with Crippen LogP contribution < -0.4 is 4.74 Å². The number of alkyl halides is 4. The van der Waals surface area contributed by atoms with Gasteiger partial charge in [-0.05, 0) is 67.0 Å². The maximum absolute atomic E-state index is 15.4. The Morgan fingerprint density at radius 1 is 0.889 bits per heavy atom. The molecule has 2 aliphatic rings. The first-order valence-electron chi connectivity index (χ1n) is 12.5. The smallest absolute Gasteiger partial charge is 0.343 e. The van der Waals surface area contributed by atoms with Gasteiger partial charge >= 0.3 is 11.8 Å². The van der Waals surface area contributed by atoms with Gasteiger partial charge in [0.05, 0.1) is 30.1 Å². The van der Waals surface area contributed by atoms with Gasteiger partial charge in [-0.15, -0.1) is 0 Å². The van der Waals surface area contributed by atoms with Gasteiger partial charge in [0, 0.05) is 6.42 Å². The number of allylic oxidation sites excluding steroid dienone is 2. The predicted molar refractivity (Wildman–Crippen MR) is 125 cm³/mol. The van der Waals surface area contributed by atoms with E-state index >= 15 is 22.0 Å². The Kier molecular flexibility index (Phi) is 7.62. The molecule has 0 amide bonds. The minimum absolute atomic E-state index is 0.0115. The SMILES string of the molecule is CCCCCC1CC=C(CCc2ccc3c(c2F)C(F)(F)C(F)(F)c2c-3ccc(OCC)c2F)OC1. The normalized spacial score (nSPS) is 19.7. The third kappa shape index (κ3) is 4.59. The van der Waals surface area contributed by atoms with Crippen molar-refractivity contribution in [2.24, 2.45) is 5.92 Å². The summed E-state index contributed by atoms with van der Waals surface area (Å²) in [6.45, 7) is 4.17. The van der Waals surface area contributed by atoms with Gasteiger partial charge in [0.2, 0.25) is 0 Å². The van der Waals surface area contributed by atoms with Crippen molar-refractivity contribution in [2.75, 3.05) is 13.2 Å². The summed E-state index contributed by atoms with van der Waals surface area (Å²) in [5.74, 6) is -12.4. The van der Waals surface area contributed by atoms with Crippen LogP contribution in [0.3, 0.4) is 0 Å². The number of aryl methyl sites for hydroxylation is 1. The van der Waals surface area contributed by atoms with Crippen LogP contribution in [0.4, 0.5) is 26.3 Å². The van der Waals surface area contributed by atoms with Crippen LogP contribution >= 0.6 is 0 Å². The van der Waals surface area contributed by atoms with E-state index in [2.05, 4.69) is 6.92 Å². The molecular formula is C28H30F6O2. The van der Waals surface area contributed by atoms with Crippen LogP contribution in [-0.2, 0) is 23.0 Å². The zero-order valence-corrected chi connectivity index (χ0v) is 20.4. The fraction of sp³-hybridized carbons (Fsp3) is 0.500. The first-order chi connectivity index (χ1) is 17.1. The molecule has 0 saturated heterocycles. The quantitative estimate of drug-likeness (QED) is 0.247. The molecule has 1 unspecified atom stereocenters.